The zero-order valence-corrected chi connectivity index (χ0v) is 45.4. The second kappa shape index (κ2) is 27.4. The van der Waals surface area contributed by atoms with Crippen molar-refractivity contribution in [3.8, 4) is 22.3 Å². The third kappa shape index (κ3) is 15.1. The molecule has 0 bridgehead atoms. The monoisotopic (exact) mass is 1180 g/mol. The second-order valence-electron chi connectivity index (χ2n) is 19.3. The molecule has 4 aromatic heterocycles. The molecule has 8 aromatic rings. The highest BCUT2D eigenvalue weighted by Gasteiger charge is 2.38. The van der Waals surface area contributed by atoms with Crippen molar-refractivity contribution < 1.29 is 51.4 Å². The van der Waals surface area contributed by atoms with Crippen molar-refractivity contribution in [3.63, 3.8) is 0 Å². The van der Waals surface area contributed by atoms with Gasteiger partial charge in [0.1, 0.15) is 48.5 Å². The van der Waals surface area contributed by atoms with Crippen LogP contribution in [-0.4, -0.2) is 127 Å². The Bertz CT molecular complexity index is 3700. The molecule has 2 saturated heterocycles. The van der Waals surface area contributed by atoms with Crippen LogP contribution >= 0.6 is 23.2 Å². The zero-order valence-electron chi connectivity index (χ0n) is 43.9. The minimum atomic E-state index is -1.31. The molecule has 0 aliphatic carbocycles. The number of nitrogens with two attached hydrogens (primary N) is 1. The minimum absolute atomic E-state index is 0. The van der Waals surface area contributed by atoms with Gasteiger partial charge in [-0.1, -0.05) is 62.3 Å². The Morgan fingerprint density at radius 2 is 1.05 bits per heavy atom. The first kappa shape index (κ1) is 63.5. The largest absolute Gasteiger partial charge is 0.481 e. The Morgan fingerprint density at radius 1 is 0.627 bits per heavy atom. The Kier molecular flexibility index (Phi) is 20.9. The number of carbonyl (C=O) groups is 6. The Morgan fingerprint density at radius 3 is 1.46 bits per heavy atom. The topological polar surface area (TPSA) is 254 Å². The fourth-order valence-corrected chi connectivity index (χ4v) is 9.81. The number of hydrogen-bond acceptors (Lipinski definition) is 13. The summed E-state index contributed by atoms with van der Waals surface area (Å²) in [6, 6.07) is 18.0. The van der Waals surface area contributed by atoms with Crippen molar-refractivity contribution in [2.75, 3.05) is 24.1 Å². The van der Waals surface area contributed by atoms with E-state index < -0.39 is 59.8 Å². The number of rotatable bonds is 13. The number of halogens is 6. The molecular formula is C58H60Cl2F4N12O7. The Labute approximate surface area is 484 Å². The van der Waals surface area contributed by atoms with Crippen LogP contribution < -0.4 is 11.1 Å². The van der Waals surface area contributed by atoms with Gasteiger partial charge in [-0.05, 0) is 73.5 Å². The van der Waals surface area contributed by atoms with Gasteiger partial charge in [0.2, 0.25) is 17.7 Å². The number of aliphatic carboxylic acids is 1. The molecule has 4 atom stereocenters. The lowest BCUT2D eigenvalue weighted by Gasteiger charge is -2.24. The number of likely N-dealkylation sites (tertiary alicyclic amines) is 2. The van der Waals surface area contributed by atoms with Gasteiger partial charge in [0, 0.05) is 91.9 Å². The number of carboxylic acids is 1. The average Bonchev–Trinajstić information content (AvgIpc) is 4.27. The number of alkyl halides is 2. The van der Waals surface area contributed by atoms with Crippen LogP contribution in [0.5, 0.6) is 0 Å². The molecule has 0 unspecified atom stereocenters. The number of benzene rings is 4. The predicted molar refractivity (Wildman–Crippen MR) is 307 cm³/mol. The number of nitrogens with zero attached hydrogens (tertiary/aromatic N) is 10. The fourth-order valence-electron chi connectivity index (χ4n) is 9.45. The lowest BCUT2D eigenvalue weighted by Crippen LogP contribution is -2.40. The molecule has 4 N–H and O–H groups in total. The van der Waals surface area contributed by atoms with Crippen molar-refractivity contribution >= 4 is 91.6 Å². The van der Waals surface area contributed by atoms with Crippen LogP contribution in [0.1, 0.15) is 87.0 Å². The standard InChI is InChI=1S/C28H25ClF2N6O3.C22H22FN5O4.C6H5ClFN.2CH4/c1-15(38)28-21-8-17(18-11-32-16(2)33-12-18)6-7-24(21)37(35-28)14-26(40)36-13-19(30)9-20(36)10-25(39)34-23-5-3-4-22(29)27(23)31;1-12(29)22-18-5-14(15-8-24-13(2)25-9-15)3-4-19(18)28(26-22)11-20(30)27-10-16(23)6-17(27)7-21(31)32;7-4-2-1-3-5(9)6(4)8;;/h3-8,11-12,19-20H,9-10,13-14H2,1-2H3,(H,34,39);3-5,8-9,16-17H,6-7,10-11H2,1-2H3,(H,31,32);1-3H,9H2;2*1H4/t19-,20+;16-,17+;;;/m11.../s1. The summed E-state index contributed by atoms with van der Waals surface area (Å²) in [5.74, 6) is -3.13. The number of amides is 3. The van der Waals surface area contributed by atoms with Gasteiger partial charge in [0.15, 0.2) is 23.2 Å². The molecular weight excluding hydrogens is 1120 g/mol. The molecule has 83 heavy (non-hydrogen) atoms. The van der Waals surface area contributed by atoms with E-state index >= 15 is 0 Å². The number of carboxylic acid groups (broad SMARTS) is 1. The summed E-state index contributed by atoms with van der Waals surface area (Å²) in [5, 5.41) is 21.3. The van der Waals surface area contributed by atoms with E-state index in [1.807, 2.05) is 12.1 Å². The van der Waals surface area contributed by atoms with Crippen molar-refractivity contribution in [2.24, 2.45) is 0 Å². The van der Waals surface area contributed by atoms with E-state index in [0.29, 0.717) is 33.5 Å². The van der Waals surface area contributed by atoms with Crippen LogP contribution in [0.4, 0.5) is 28.9 Å². The second-order valence-corrected chi connectivity index (χ2v) is 20.1. The maximum absolute atomic E-state index is 14.4. The Hall–Kier alpha value is -8.70. The van der Waals surface area contributed by atoms with Crippen molar-refractivity contribution in [1.82, 2.24) is 49.3 Å². The summed E-state index contributed by atoms with van der Waals surface area (Å²) in [4.78, 5) is 94.0. The highest BCUT2D eigenvalue weighted by atomic mass is 35.5. The van der Waals surface area contributed by atoms with Crippen molar-refractivity contribution in [2.45, 2.75) is 106 Å². The molecule has 6 heterocycles. The van der Waals surface area contributed by atoms with Crippen LogP contribution in [0.2, 0.25) is 10.0 Å². The zero-order chi connectivity index (χ0) is 58.4. The van der Waals surface area contributed by atoms with Gasteiger partial charge in [-0.25, -0.2) is 37.5 Å². The van der Waals surface area contributed by atoms with Crippen LogP contribution in [0, 0.1) is 25.5 Å². The quantitative estimate of drug-likeness (QED) is 0.0552. The number of hydrogen-bond donors (Lipinski definition) is 3. The lowest BCUT2D eigenvalue weighted by molar-refractivity contribution is -0.140. The van der Waals surface area contributed by atoms with Gasteiger partial charge in [-0.3, -0.25) is 38.1 Å². The summed E-state index contributed by atoms with van der Waals surface area (Å²) >= 11 is 11.1. The van der Waals surface area contributed by atoms with E-state index in [1.54, 1.807) is 69.0 Å². The molecule has 4 aromatic carbocycles. The lowest BCUT2D eigenvalue weighted by atomic mass is 10.0. The minimum Gasteiger partial charge on any atom is -0.481 e. The molecule has 19 nitrogen and oxygen atoms in total. The average molecular weight is 1180 g/mol. The maximum atomic E-state index is 14.4. The van der Waals surface area contributed by atoms with Gasteiger partial charge in [-0.15, -0.1) is 0 Å². The van der Waals surface area contributed by atoms with Gasteiger partial charge in [-0.2, -0.15) is 10.2 Å². The fraction of sp³-hybridized carbons (Fsp3) is 0.310. The molecule has 436 valence electrons. The number of aromatic nitrogens is 8. The Balaban J connectivity index is 0.000000230. The number of aryl methyl sites for hydroxylation is 2. The van der Waals surface area contributed by atoms with Crippen LogP contribution in [0.25, 0.3) is 44.1 Å². The number of Topliss-reactive ketones (excluding diaryl/α,β-unsaturated/α-hetero) is 2. The van der Waals surface area contributed by atoms with Crippen LogP contribution in [0.3, 0.4) is 0 Å². The van der Waals surface area contributed by atoms with Gasteiger partial charge in [0.05, 0.1) is 52.0 Å². The molecule has 25 heteroatoms. The van der Waals surface area contributed by atoms with E-state index in [9.17, 15) is 46.3 Å². The van der Waals surface area contributed by atoms with E-state index in [-0.39, 0.29) is 111 Å². The smallest absolute Gasteiger partial charge is 0.305 e. The molecule has 10 rings (SSSR count). The number of anilines is 2. The van der Waals surface area contributed by atoms with E-state index in [2.05, 4.69) is 35.5 Å². The summed E-state index contributed by atoms with van der Waals surface area (Å²) < 4.78 is 57.8. The molecule has 2 aliphatic rings. The summed E-state index contributed by atoms with van der Waals surface area (Å²) in [5.41, 5.74) is 9.81. The van der Waals surface area contributed by atoms with Gasteiger partial charge >= 0.3 is 5.97 Å². The highest BCUT2D eigenvalue weighted by molar-refractivity contribution is 6.31. The van der Waals surface area contributed by atoms with E-state index in [4.69, 9.17) is 34.0 Å². The predicted octanol–water partition coefficient (Wildman–Crippen LogP) is 10.5. The van der Waals surface area contributed by atoms with Crippen LogP contribution in [-0.2, 0) is 32.3 Å². The number of ketones is 2. The van der Waals surface area contributed by atoms with Crippen molar-refractivity contribution in [1.29, 1.82) is 0 Å². The number of carbonyl (C=O) groups excluding carboxylic acids is 5. The van der Waals surface area contributed by atoms with E-state index in [0.717, 1.165) is 22.3 Å². The van der Waals surface area contributed by atoms with E-state index in [1.165, 1.54) is 63.3 Å². The molecule has 2 fully saturated rings. The van der Waals surface area contributed by atoms with Gasteiger partial charge < -0.3 is 26.0 Å². The molecule has 0 spiro atoms. The number of nitrogen functional groups attached to an aromatic ring is 1. The van der Waals surface area contributed by atoms with Crippen LogP contribution in [0.15, 0.2) is 97.6 Å². The highest BCUT2D eigenvalue weighted by Crippen LogP contribution is 2.31. The number of nitrogens with one attached hydrogen (secondary N) is 1. The third-order valence-electron chi connectivity index (χ3n) is 13.4. The normalized spacial score (nSPS) is 16.2. The first-order valence-electron chi connectivity index (χ1n) is 25.2. The maximum Gasteiger partial charge on any atom is 0.305 e. The molecule has 2 aliphatic heterocycles. The molecule has 0 radical (unpaired) electrons. The first-order valence-corrected chi connectivity index (χ1v) is 25.9. The summed E-state index contributed by atoms with van der Waals surface area (Å²) in [6.07, 6.45) is 3.60. The third-order valence-corrected chi connectivity index (χ3v) is 14.0. The SMILES string of the molecule is C.C.CC(=O)c1nn(CC(=O)N2C[C@H](F)C[C@H]2CC(=O)Nc2cccc(Cl)c2F)c2ccc(-c3cnc(C)nc3)cc12.CC(=O)c1nn(CC(=O)N2C[C@H](F)C[C@H]2CC(=O)O)c2ccc(-c3cnc(C)nc3)cc12.Nc1cccc(Cl)c1F. The molecule has 3 amide bonds. The summed E-state index contributed by atoms with van der Waals surface area (Å²) in [6.45, 7) is 5.54. The summed E-state index contributed by atoms with van der Waals surface area (Å²) in [7, 11) is 0. The molecule has 0 saturated carbocycles. The first-order chi connectivity index (χ1) is 38.5. The van der Waals surface area contributed by atoms with Gasteiger partial charge in [0.25, 0.3) is 0 Å². The number of fused-ring (bicyclic) bond motifs is 2. The van der Waals surface area contributed by atoms with Crippen molar-refractivity contribution in [3.05, 3.63) is 142 Å².